The maximum atomic E-state index is 9.09. The lowest BCUT2D eigenvalue weighted by molar-refractivity contribution is -0.277. The molecule has 5 atom stereocenters. The second-order valence-corrected chi connectivity index (χ2v) is 4.24. The van der Waals surface area contributed by atoms with Gasteiger partial charge in [0.25, 0.3) is 0 Å². The molecule has 9 nitrogen and oxygen atoms in total. The minimum absolute atomic E-state index is 0.664. The zero-order valence-electron chi connectivity index (χ0n) is 8.28. The number of ether oxygens (including phenoxy) is 1. The quantitative estimate of drug-likeness (QED) is 0.223. The Balaban J connectivity index is 0.000000385. The van der Waals surface area contributed by atoms with Crippen molar-refractivity contribution in [1.29, 1.82) is 0 Å². The lowest BCUT2D eigenvalue weighted by Crippen LogP contribution is -2.56. The molecule has 1 aliphatic heterocycles. The minimum atomic E-state index is -4.64. The number of aliphatic hydroxyl groups excluding tert-OH is 4. The topological polar surface area (TPSA) is 168 Å². The molecular weight excluding hydrogens is 247 g/mol. The molecule has 7 N–H and O–H groups in total. The fourth-order valence-electron chi connectivity index (χ4n) is 1.03. The Kier molecular flexibility index (Phi) is 5.98. The Bertz CT molecular complexity index is 230. The fourth-order valence-corrected chi connectivity index (χ4v) is 1.03. The molecule has 0 aromatic heterocycles. The van der Waals surface area contributed by atoms with Crippen LogP contribution in [0.15, 0.2) is 0 Å². The summed E-state index contributed by atoms with van der Waals surface area (Å²) in [6.07, 6.45) is -5.99. The molecule has 0 spiro atoms. The highest BCUT2D eigenvalue weighted by molar-refractivity contribution is 7.45. The first-order valence-corrected chi connectivity index (χ1v) is 5.76. The van der Waals surface area contributed by atoms with E-state index in [0.717, 1.165) is 0 Å². The van der Waals surface area contributed by atoms with Gasteiger partial charge in [-0.05, 0) is 6.92 Å². The summed E-state index contributed by atoms with van der Waals surface area (Å²) in [6, 6.07) is 0. The van der Waals surface area contributed by atoms with Crippen LogP contribution in [0.2, 0.25) is 0 Å². The Morgan fingerprint density at radius 2 is 1.31 bits per heavy atom. The lowest BCUT2D eigenvalue weighted by atomic mass is 10.0. The molecule has 16 heavy (non-hydrogen) atoms. The van der Waals surface area contributed by atoms with Crippen LogP contribution in [0.1, 0.15) is 6.92 Å². The third-order valence-corrected chi connectivity index (χ3v) is 1.83. The summed E-state index contributed by atoms with van der Waals surface area (Å²) in [7, 11) is -4.64. The Morgan fingerprint density at radius 3 is 1.69 bits per heavy atom. The summed E-state index contributed by atoms with van der Waals surface area (Å²) in [5.74, 6) is 0. The molecule has 0 aromatic carbocycles. The van der Waals surface area contributed by atoms with Gasteiger partial charge in [-0.15, -0.1) is 0 Å². The maximum Gasteiger partial charge on any atom is 0.466 e. The predicted octanol–water partition coefficient (Wildman–Crippen LogP) is -3.12. The average molecular weight is 262 g/mol. The van der Waals surface area contributed by atoms with E-state index in [0.29, 0.717) is 0 Å². The highest BCUT2D eigenvalue weighted by Crippen LogP contribution is 2.25. The molecule has 0 radical (unpaired) electrons. The van der Waals surface area contributed by atoms with Crippen molar-refractivity contribution in [1.82, 2.24) is 0 Å². The first-order valence-electron chi connectivity index (χ1n) is 4.20. The smallest absolute Gasteiger partial charge is 0.388 e. The highest BCUT2D eigenvalue weighted by atomic mass is 31.2. The minimum Gasteiger partial charge on any atom is -0.388 e. The van der Waals surface area contributed by atoms with Gasteiger partial charge < -0.3 is 39.8 Å². The number of hydrogen-bond acceptors (Lipinski definition) is 6. The van der Waals surface area contributed by atoms with Crippen molar-refractivity contribution in [2.75, 3.05) is 0 Å². The van der Waals surface area contributed by atoms with E-state index in [9.17, 15) is 0 Å². The summed E-state index contributed by atoms with van der Waals surface area (Å²) in [5.41, 5.74) is 0. The number of hydrogen-bond donors (Lipinski definition) is 7. The van der Waals surface area contributed by atoms with Crippen LogP contribution in [0, 0.1) is 0 Å². The van der Waals surface area contributed by atoms with E-state index in [1.165, 1.54) is 6.92 Å². The van der Waals surface area contributed by atoms with Crippen LogP contribution in [0.4, 0.5) is 0 Å². The van der Waals surface area contributed by atoms with Gasteiger partial charge in [0.1, 0.15) is 18.3 Å². The predicted molar refractivity (Wildman–Crippen MR) is 48.8 cm³/mol. The molecule has 0 aromatic rings. The van der Waals surface area contributed by atoms with Crippen molar-refractivity contribution in [2.24, 2.45) is 0 Å². The van der Waals surface area contributed by atoms with Crippen molar-refractivity contribution in [3.63, 3.8) is 0 Å². The van der Waals surface area contributed by atoms with Gasteiger partial charge in [-0.25, -0.2) is 4.57 Å². The van der Waals surface area contributed by atoms with E-state index >= 15 is 0 Å². The van der Waals surface area contributed by atoms with E-state index in [1.807, 2.05) is 0 Å². The van der Waals surface area contributed by atoms with Crippen molar-refractivity contribution in [2.45, 2.75) is 37.6 Å². The van der Waals surface area contributed by atoms with E-state index in [1.54, 1.807) is 0 Å². The van der Waals surface area contributed by atoms with E-state index in [-0.39, 0.29) is 0 Å². The molecule has 1 fully saturated rings. The molecule has 1 rings (SSSR count). The van der Waals surface area contributed by atoms with Crippen LogP contribution in [0.3, 0.4) is 0 Å². The van der Waals surface area contributed by atoms with Crippen molar-refractivity contribution in [3.05, 3.63) is 0 Å². The molecule has 0 aliphatic carbocycles. The van der Waals surface area contributed by atoms with Gasteiger partial charge in [0.05, 0.1) is 6.10 Å². The molecule has 0 amide bonds. The van der Waals surface area contributed by atoms with Gasteiger partial charge in [-0.1, -0.05) is 0 Å². The maximum absolute atomic E-state index is 9.09. The van der Waals surface area contributed by atoms with Crippen LogP contribution < -0.4 is 0 Å². The van der Waals surface area contributed by atoms with Gasteiger partial charge in [0.2, 0.25) is 0 Å². The van der Waals surface area contributed by atoms with Crippen LogP contribution in [0.5, 0.6) is 0 Å². The Hall–Kier alpha value is -0.0900. The summed E-state index contributed by atoms with van der Waals surface area (Å²) < 4.78 is 13.6. The zero-order valence-corrected chi connectivity index (χ0v) is 9.18. The molecule has 98 valence electrons. The van der Waals surface area contributed by atoms with E-state index < -0.39 is 38.5 Å². The van der Waals surface area contributed by atoms with Crippen molar-refractivity contribution >= 4 is 7.82 Å². The van der Waals surface area contributed by atoms with Crippen LogP contribution in [0.25, 0.3) is 0 Å². The lowest BCUT2D eigenvalue weighted by Gasteiger charge is -2.36. The van der Waals surface area contributed by atoms with E-state index in [2.05, 4.69) is 4.74 Å². The van der Waals surface area contributed by atoms with E-state index in [4.69, 9.17) is 39.7 Å². The molecule has 1 aliphatic rings. The van der Waals surface area contributed by atoms with Gasteiger partial charge in [-0.3, -0.25) is 0 Å². The Morgan fingerprint density at radius 1 is 0.938 bits per heavy atom. The largest absolute Gasteiger partial charge is 0.466 e. The van der Waals surface area contributed by atoms with Gasteiger partial charge in [-0.2, -0.15) is 0 Å². The van der Waals surface area contributed by atoms with Gasteiger partial charge in [0, 0.05) is 0 Å². The average Bonchev–Trinajstić information content (AvgIpc) is 2.09. The van der Waals surface area contributed by atoms with Gasteiger partial charge >= 0.3 is 7.82 Å². The van der Waals surface area contributed by atoms with Crippen molar-refractivity contribution in [3.8, 4) is 0 Å². The first kappa shape index (κ1) is 15.9. The molecular formula is C6H15O9P. The monoisotopic (exact) mass is 262 g/mol. The number of aliphatic hydroxyl groups is 4. The third kappa shape index (κ3) is 5.85. The first-order chi connectivity index (χ1) is 7.04. The third-order valence-electron chi connectivity index (χ3n) is 1.83. The van der Waals surface area contributed by atoms with Gasteiger partial charge in [0.15, 0.2) is 6.29 Å². The number of phosphoric acid groups is 1. The molecule has 1 saturated heterocycles. The molecule has 0 unspecified atom stereocenters. The standard InChI is InChI=1S/C6H12O5.H3O4P/c1-2-3(7)4(8)5(9)6(10)11-2;1-5(2,3)4/h2-10H,1H3;(H3,1,2,3,4)/t2-,3+,4+,5-,6+;/m0./s1. The van der Waals surface area contributed by atoms with Crippen LogP contribution >= 0.6 is 7.82 Å². The molecule has 1 heterocycles. The summed E-state index contributed by atoms with van der Waals surface area (Å²) in [4.78, 5) is 21.6. The fraction of sp³-hybridized carbons (Fsp3) is 1.00. The molecule has 10 heteroatoms. The second-order valence-electron chi connectivity index (χ2n) is 3.22. The Labute approximate surface area is 90.8 Å². The summed E-state index contributed by atoms with van der Waals surface area (Å²) in [5, 5.41) is 36.0. The van der Waals surface area contributed by atoms with Crippen LogP contribution in [-0.4, -0.2) is 65.8 Å². The SMILES string of the molecule is C[C@@H]1O[C@@H](O)[C@@H](O)[C@H](O)[C@@H]1O.O=P(O)(O)O. The second kappa shape index (κ2) is 6.01. The summed E-state index contributed by atoms with van der Waals surface area (Å²) in [6.45, 7) is 1.50. The van der Waals surface area contributed by atoms with Crippen LogP contribution in [-0.2, 0) is 9.30 Å². The normalized spacial score (nSPS) is 39.9. The zero-order chi connectivity index (χ0) is 13.1. The molecule has 0 bridgehead atoms. The summed E-state index contributed by atoms with van der Waals surface area (Å²) >= 11 is 0. The number of rotatable bonds is 0. The molecule has 0 saturated carbocycles. The van der Waals surface area contributed by atoms with Crippen molar-refractivity contribution < 1.29 is 44.4 Å². The highest BCUT2D eigenvalue weighted by Gasteiger charge is 2.40.